The molecule has 68 valence electrons. The summed E-state index contributed by atoms with van der Waals surface area (Å²) in [5.41, 5.74) is 1.81. The molecule has 0 radical (unpaired) electrons. The molecule has 1 heterocycles. The first-order valence-corrected chi connectivity index (χ1v) is 4.73. The van der Waals surface area contributed by atoms with Crippen molar-refractivity contribution in [2.24, 2.45) is 0 Å². The third kappa shape index (κ3) is 1.54. The molecule has 0 aliphatic heterocycles. The predicted molar refractivity (Wildman–Crippen MR) is 53.0 cm³/mol. The van der Waals surface area contributed by atoms with Crippen molar-refractivity contribution in [3.8, 4) is 0 Å². The Hall–Kier alpha value is -1.02. The molecule has 1 aromatic heterocycles. The third-order valence-corrected chi connectivity index (χ3v) is 2.23. The minimum atomic E-state index is 0.730. The number of nitrogens with zero attached hydrogens (tertiary/aromatic N) is 1. The lowest BCUT2D eigenvalue weighted by molar-refractivity contribution is 0.445. The number of aromatic nitrogens is 1. The maximum absolute atomic E-state index is 5.88. The topological polar surface area (TPSA) is 26.0 Å². The summed E-state index contributed by atoms with van der Waals surface area (Å²) in [5, 5.41) is 5.76. The summed E-state index contributed by atoms with van der Waals surface area (Å²) >= 11 is 5.88. The number of halogens is 1. The van der Waals surface area contributed by atoms with Gasteiger partial charge in [0.1, 0.15) is 0 Å². The fraction of sp³-hybridized carbons (Fsp3) is 0.300. The molecule has 0 atom stereocenters. The lowest BCUT2D eigenvalue weighted by atomic mass is 10.1. The molecule has 0 spiro atoms. The van der Waals surface area contributed by atoms with Crippen molar-refractivity contribution in [1.29, 1.82) is 0 Å². The zero-order chi connectivity index (χ0) is 9.26. The first kappa shape index (κ1) is 8.57. The second-order valence-corrected chi connectivity index (χ2v) is 3.46. The van der Waals surface area contributed by atoms with Crippen LogP contribution in [0.1, 0.15) is 19.0 Å². The van der Waals surface area contributed by atoms with Gasteiger partial charge in [-0.3, -0.25) is 0 Å². The Balaban J connectivity index is 2.58. The van der Waals surface area contributed by atoms with Gasteiger partial charge in [0, 0.05) is 10.4 Å². The van der Waals surface area contributed by atoms with Gasteiger partial charge in [0.05, 0.1) is 5.69 Å². The highest BCUT2D eigenvalue weighted by atomic mass is 35.5. The minimum absolute atomic E-state index is 0.730. The Kier molecular flexibility index (Phi) is 2.23. The second kappa shape index (κ2) is 3.38. The molecule has 0 aliphatic rings. The normalized spacial score (nSPS) is 10.9. The van der Waals surface area contributed by atoms with E-state index in [2.05, 4.69) is 12.1 Å². The Morgan fingerprint density at radius 1 is 1.46 bits per heavy atom. The van der Waals surface area contributed by atoms with E-state index in [1.54, 1.807) is 0 Å². The standard InChI is InChI=1S/C10H10ClNO/c1-2-3-9-8-6-7(11)4-5-10(8)13-12-9/h4-6H,2-3H2,1H3. The number of benzene rings is 1. The molecule has 13 heavy (non-hydrogen) atoms. The first-order chi connectivity index (χ1) is 6.31. The zero-order valence-electron chi connectivity index (χ0n) is 7.38. The van der Waals surface area contributed by atoms with E-state index in [-0.39, 0.29) is 0 Å². The largest absolute Gasteiger partial charge is 0.356 e. The van der Waals surface area contributed by atoms with Gasteiger partial charge in [0.15, 0.2) is 5.58 Å². The van der Waals surface area contributed by atoms with Gasteiger partial charge >= 0.3 is 0 Å². The lowest BCUT2D eigenvalue weighted by Gasteiger charge is -1.91. The zero-order valence-corrected chi connectivity index (χ0v) is 8.14. The summed E-state index contributed by atoms with van der Waals surface area (Å²) in [6.45, 7) is 2.12. The number of fused-ring (bicyclic) bond motifs is 1. The van der Waals surface area contributed by atoms with Crippen LogP contribution in [-0.4, -0.2) is 5.16 Å². The van der Waals surface area contributed by atoms with Gasteiger partial charge in [-0.25, -0.2) is 0 Å². The quantitative estimate of drug-likeness (QED) is 0.734. The van der Waals surface area contributed by atoms with Crippen molar-refractivity contribution in [3.63, 3.8) is 0 Å². The first-order valence-electron chi connectivity index (χ1n) is 4.35. The van der Waals surface area contributed by atoms with E-state index in [4.69, 9.17) is 16.1 Å². The third-order valence-electron chi connectivity index (χ3n) is 1.99. The van der Waals surface area contributed by atoms with Crippen LogP contribution in [0.2, 0.25) is 5.02 Å². The van der Waals surface area contributed by atoms with Gasteiger partial charge in [-0.05, 0) is 24.6 Å². The van der Waals surface area contributed by atoms with E-state index in [0.29, 0.717) is 0 Å². The molecule has 0 fully saturated rings. The van der Waals surface area contributed by atoms with Crippen LogP contribution in [0.4, 0.5) is 0 Å². The smallest absolute Gasteiger partial charge is 0.167 e. The molecule has 1 aromatic carbocycles. The number of hydrogen-bond acceptors (Lipinski definition) is 2. The number of hydrogen-bond donors (Lipinski definition) is 0. The molecule has 0 saturated carbocycles. The van der Waals surface area contributed by atoms with Gasteiger partial charge in [-0.1, -0.05) is 30.1 Å². The number of aryl methyl sites for hydroxylation is 1. The minimum Gasteiger partial charge on any atom is -0.356 e. The Morgan fingerprint density at radius 2 is 2.31 bits per heavy atom. The molecule has 0 bridgehead atoms. The van der Waals surface area contributed by atoms with Crippen LogP contribution >= 0.6 is 11.6 Å². The van der Waals surface area contributed by atoms with Crippen molar-refractivity contribution < 1.29 is 4.52 Å². The molecule has 2 nitrogen and oxygen atoms in total. The molecule has 0 aliphatic carbocycles. The predicted octanol–water partition coefficient (Wildman–Crippen LogP) is 3.43. The summed E-state index contributed by atoms with van der Waals surface area (Å²) in [4.78, 5) is 0. The van der Waals surface area contributed by atoms with Gasteiger partial charge in [0.2, 0.25) is 0 Å². The average Bonchev–Trinajstić information content (AvgIpc) is 2.49. The molecule has 0 saturated heterocycles. The van der Waals surface area contributed by atoms with Crippen molar-refractivity contribution >= 4 is 22.6 Å². The van der Waals surface area contributed by atoms with E-state index < -0.39 is 0 Å². The molecular formula is C10H10ClNO. The second-order valence-electron chi connectivity index (χ2n) is 3.02. The highest BCUT2D eigenvalue weighted by Gasteiger charge is 2.06. The molecule has 2 rings (SSSR count). The summed E-state index contributed by atoms with van der Waals surface area (Å²) in [5.74, 6) is 0. The van der Waals surface area contributed by atoms with Crippen LogP contribution in [0.25, 0.3) is 11.0 Å². The van der Waals surface area contributed by atoms with Crippen LogP contribution in [0.5, 0.6) is 0 Å². The van der Waals surface area contributed by atoms with Crippen LogP contribution in [-0.2, 0) is 6.42 Å². The van der Waals surface area contributed by atoms with Crippen LogP contribution in [0.15, 0.2) is 22.7 Å². The van der Waals surface area contributed by atoms with Crippen molar-refractivity contribution in [1.82, 2.24) is 5.16 Å². The number of rotatable bonds is 2. The highest BCUT2D eigenvalue weighted by molar-refractivity contribution is 6.31. The summed E-state index contributed by atoms with van der Waals surface area (Å²) < 4.78 is 5.15. The van der Waals surface area contributed by atoms with E-state index in [9.17, 15) is 0 Å². The molecule has 0 amide bonds. The van der Waals surface area contributed by atoms with E-state index in [1.165, 1.54) is 0 Å². The van der Waals surface area contributed by atoms with Gasteiger partial charge in [-0.15, -0.1) is 0 Å². The Bertz CT molecular complexity index is 422. The monoisotopic (exact) mass is 195 g/mol. The molecule has 3 heteroatoms. The van der Waals surface area contributed by atoms with E-state index in [1.807, 2.05) is 18.2 Å². The highest BCUT2D eigenvalue weighted by Crippen LogP contribution is 2.23. The Morgan fingerprint density at radius 3 is 3.08 bits per heavy atom. The van der Waals surface area contributed by atoms with Gasteiger partial charge < -0.3 is 4.52 Å². The van der Waals surface area contributed by atoms with Gasteiger partial charge in [0.25, 0.3) is 0 Å². The summed E-state index contributed by atoms with van der Waals surface area (Å²) in [6.07, 6.45) is 2.00. The van der Waals surface area contributed by atoms with E-state index >= 15 is 0 Å². The van der Waals surface area contributed by atoms with E-state index in [0.717, 1.165) is 34.5 Å². The maximum atomic E-state index is 5.88. The summed E-state index contributed by atoms with van der Waals surface area (Å²) in [7, 11) is 0. The Labute approximate surface area is 81.5 Å². The van der Waals surface area contributed by atoms with Crippen LogP contribution in [0.3, 0.4) is 0 Å². The lowest BCUT2D eigenvalue weighted by Crippen LogP contribution is -1.82. The maximum Gasteiger partial charge on any atom is 0.167 e. The van der Waals surface area contributed by atoms with Crippen LogP contribution < -0.4 is 0 Å². The van der Waals surface area contributed by atoms with Crippen LogP contribution in [0, 0.1) is 0 Å². The average molecular weight is 196 g/mol. The van der Waals surface area contributed by atoms with Crippen molar-refractivity contribution in [3.05, 3.63) is 28.9 Å². The molecule has 0 N–H and O–H groups in total. The SMILES string of the molecule is CCCc1noc2ccc(Cl)cc12. The van der Waals surface area contributed by atoms with Crippen molar-refractivity contribution in [2.75, 3.05) is 0 Å². The molecular weight excluding hydrogens is 186 g/mol. The van der Waals surface area contributed by atoms with Crippen molar-refractivity contribution in [2.45, 2.75) is 19.8 Å². The molecule has 0 unspecified atom stereocenters. The fourth-order valence-corrected chi connectivity index (χ4v) is 1.55. The summed E-state index contributed by atoms with van der Waals surface area (Å²) in [6, 6.07) is 5.56. The fourth-order valence-electron chi connectivity index (χ4n) is 1.38. The molecule has 2 aromatic rings. The van der Waals surface area contributed by atoms with Gasteiger partial charge in [-0.2, -0.15) is 0 Å².